The van der Waals surface area contributed by atoms with Crippen molar-refractivity contribution < 1.29 is 24.5 Å². The van der Waals surface area contributed by atoms with E-state index >= 15 is 0 Å². The van der Waals surface area contributed by atoms with Crippen LogP contribution in [0.3, 0.4) is 0 Å². The molecule has 1 fully saturated rings. The molecular formula is C17H23NO5. The molecule has 2 N–H and O–H groups in total. The normalized spacial score (nSPS) is 21.3. The van der Waals surface area contributed by atoms with E-state index in [1.54, 1.807) is 17.0 Å². The molecule has 6 nitrogen and oxygen atoms in total. The van der Waals surface area contributed by atoms with Crippen LogP contribution >= 0.6 is 0 Å². The van der Waals surface area contributed by atoms with Crippen LogP contribution in [-0.2, 0) is 4.79 Å². The van der Waals surface area contributed by atoms with Crippen molar-refractivity contribution in [2.45, 2.75) is 38.9 Å². The van der Waals surface area contributed by atoms with Crippen LogP contribution in [0.25, 0.3) is 0 Å². The fourth-order valence-electron chi connectivity index (χ4n) is 2.66. The first kappa shape index (κ1) is 17.3. The summed E-state index contributed by atoms with van der Waals surface area (Å²) >= 11 is 0. The highest BCUT2D eigenvalue weighted by molar-refractivity contribution is 5.87. The number of benzene rings is 1. The summed E-state index contributed by atoms with van der Waals surface area (Å²) in [7, 11) is 0. The molecule has 0 spiro atoms. The topological polar surface area (TPSA) is 87.1 Å². The van der Waals surface area contributed by atoms with Gasteiger partial charge in [0.2, 0.25) is 5.91 Å². The van der Waals surface area contributed by atoms with Crippen molar-refractivity contribution in [2.24, 2.45) is 5.92 Å². The van der Waals surface area contributed by atoms with E-state index in [9.17, 15) is 14.7 Å². The number of carbonyl (C=O) groups excluding carboxylic acids is 1. The second-order valence-corrected chi connectivity index (χ2v) is 6.36. The number of aromatic carboxylic acids is 1. The summed E-state index contributed by atoms with van der Waals surface area (Å²) in [5, 5.41) is 18.9. The largest absolute Gasteiger partial charge is 0.488 e. The summed E-state index contributed by atoms with van der Waals surface area (Å²) < 4.78 is 5.80. The molecule has 6 heteroatoms. The zero-order valence-corrected chi connectivity index (χ0v) is 13.4. The summed E-state index contributed by atoms with van der Waals surface area (Å²) in [6.45, 7) is 4.74. The molecule has 1 amide bonds. The number of piperidine rings is 1. The molecule has 0 aliphatic carbocycles. The summed E-state index contributed by atoms with van der Waals surface area (Å²) in [5.74, 6) is -0.168. The Balaban J connectivity index is 1.98. The number of carboxylic acid groups (broad SMARTS) is 1. The highest BCUT2D eigenvalue weighted by Gasteiger charge is 2.30. The van der Waals surface area contributed by atoms with E-state index in [2.05, 4.69) is 0 Å². The standard InChI is InChI=1S/C17H23NO5/c1-11(2)7-16(20)18-9-13(19)8-15(10-18)23-14-5-3-12(4-6-14)17(21)22/h3-6,11,13,15,19H,7-10H2,1-2H3,(H,21,22). The van der Waals surface area contributed by atoms with Crippen LogP contribution in [0.2, 0.25) is 0 Å². The van der Waals surface area contributed by atoms with Crippen LogP contribution in [0.1, 0.15) is 37.0 Å². The molecule has 1 aliphatic heterocycles. The van der Waals surface area contributed by atoms with Crippen LogP contribution in [0.5, 0.6) is 5.75 Å². The second kappa shape index (κ2) is 7.46. The molecule has 0 radical (unpaired) electrons. The number of β-amino-alcohol motifs (C(OH)–C–C–N with tert-alkyl or cyclic N) is 1. The minimum Gasteiger partial charge on any atom is -0.488 e. The van der Waals surface area contributed by atoms with Crippen molar-refractivity contribution in [3.05, 3.63) is 29.8 Å². The molecule has 2 rings (SSSR count). The lowest BCUT2D eigenvalue weighted by Gasteiger charge is -2.36. The third-order valence-electron chi connectivity index (χ3n) is 3.73. The van der Waals surface area contributed by atoms with Gasteiger partial charge in [0.25, 0.3) is 0 Å². The first-order valence-corrected chi connectivity index (χ1v) is 7.81. The number of likely N-dealkylation sites (tertiary alicyclic amines) is 1. The highest BCUT2D eigenvalue weighted by Crippen LogP contribution is 2.20. The van der Waals surface area contributed by atoms with Crippen LogP contribution in [0.4, 0.5) is 0 Å². The van der Waals surface area contributed by atoms with Crippen LogP contribution in [0, 0.1) is 5.92 Å². The fourth-order valence-corrected chi connectivity index (χ4v) is 2.66. The maximum atomic E-state index is 12.2. The van der Waals surface area contributed by atoms with Crippen LogP contribution in [0.15, 0.2) is 24.3 Å². The quantitative estimate of drug-likeness (QED) is 0.863. The fraction of sp³-hybridized carbons (Fsp3) is 0.529. The lowest BCUT2D eigenvalue weighted by atomic mass is 10.0. The van der Waals surface area contributed by atoms with Crippen molar-refractivity contribution in [1.29, 1.82) is 0 Å². The smallest absolute Gasteiger partial charge is 0.335 e. The van der Waals surface area contributed by atoms with E-state index < -0.39 is 12.1 Å². The van der Waals surface area contributed by atoms with Gasteiger partial charge < -0.3 is 19.8 Å². The minimum absolute atomic E-state index is 0.0218. The Morgan fingerprint density at radius 2 is 1.91 bits per heavy atom. The molecule has 1 aliphatic rings. The highest BCUT2D eigenvalue weighted by atomic mass is 16.5. The Labute approximate surface area is 135 Å². The SMILES string of the molecule is CC(C)CC(=O)N1CC(O)CC(Oc2ccc(C(=O)O)cc2)C1. The van der Waals surface area contributed by atoms with E-state index in [0.29, 0.717) is 31.7 Å². The zero-order chi connectivity index (χ0) is 17.0. The Hall–Kier alpha value is -2.08. The van der Waals surface area contributed by atoms with E-state index in [-0.39, 0.29) is 23.5 Å². The molecule has 2 atom stereocenters. The molecule has 0 bridgehead atoms. The maximum absolute atomic E-state index is 12.2. The predicted octanol–water partition coefficient (Wildman–Crippen LogP) is 1.77. The van der Waals surface area contributed by atoms with Crippen molar-refractivity contribution in [2.75, 3.05) is 13.1 Å². The van der Waals surface area contributed by atoms with Crippen molar-refractivity contribution in [1.82, 2.24) is 4.90 Å². The van der Waals surface area contributed by atoms with Gasteiger partial charge in [-0.25, -0.2) is 4.79 Å². The monoisotopic (exact) mass is 321 g/mol. The summed E-state index contributed by atoms with van der Waals surface area (Å²) in [6.07, 6.45) is -0.00694. The predicted molar refractivity (Wildman–Crippen MR) is 84.5 cm³/mol. The van der Waals surface area contributed by atoms with Gasteiger partial charge in [-0.05, 0) is 30.2 Å². The van der Waals surface area contributed by atoms with E-state index in [4.69, 9.17) is 9.84 Å². The number of amides is 1. The van der Waals surface area contributed by atoms with Gasteiger partial charge in [-0.1, -0.05) is 13.8 Å². The molecule has 0 saturated carbocycles. The van der Waals surface area contributed by atoms with Gasteiger partial charge in [0.05, 0.1) is 18.2 Å². The third-order valence-corrected chi connectivity index (χ3v) is 3.73. The lowest BCUT2D eigenvalue weighted by Crippen LogP contribution is -2.50. The summed E-state index contributed by atoms with van der Waals surface area (Å²) in [4.78, 5) is 24.6. The Morgan fingerprint density at radius 3 is 2.48 bits per heavy atom. The zero-order valence-electron chi connectivity index (χ0n) is 13.4. The van der Waals surface area contributed by atoms with Gasteiger partial charge in [0.15, 0.2) is 0 Å². The van der Waals surface area contributed by atoms with E-state index in [0.717, 1.165) is 0 Å². The number of hydrogen-bond acceptors (Lipinski definition) is 4. The van der Waals surface area contributed by atoms with E-state index in [1.807, 2.05) is 13.8 Å². The van der Waals surface area contributed by atoms with Gasteiger partial charge in [-0.15, -0.1) is 0 Å². The maximum Gasteiger partial charge on any atom is 0.335 e. The average molecular weight is 321 g/mol. The number of aliphatic hydroxyl groups is 1. The Morgan fingerprint density at radius 1 is 1.26 bits per heavy atom. The van der Waals surface area contributed by atoms with Gasteiger partial charge in [-0.2, -0.15) is 0 Å². The third kappa shape index (κ3) is 4.96. The molecule has 1 heterocycles. The molecule has 1 aromatic carbocycles. The number of carbonyl (C=O) groups is 2. The van der Waals surface area contributed by atoms with Gasteiger partial charge in [-0.3, -0.25) is 4.79 Å². The molecule has 1 saturated heterocycles. The number of carboxylic acids is 1. The van der Waals surface area contributed by atoms with Crippen LogP contribution < -0.4 is 4.74 Å². The lowest BCUT2D eigenvalue weighted by molar-refractivity contribution is -0.137. The number of rotatable bonds is 5. The van der Waals surface area contributed by atoms with E-state index in [1.165, 1.54) is 12.1 Å². The van der Waals surface area contributed by atoms with Crippen molar-refractivity contribution in [3.63, 3.8) is 0 Å². The Kier molecular flexibility index (Phi) is 5.60. The second-order valence-electron chi connectivity index (χ2n) is 6.36. The molecule has 23 heavy (non-hydrogen) atoms. The van der Waals surface area contributed by atoms with Crippen molar-refractivity contribution in [3.8, 4) is 5.75 Å². The number of ether oxygens (including phenoxy) is 1. The van der Waals surface area contributed by atoms with Crippen LogP contribution in [-0.4, -0.2) is 52.3 Å². The number of nitrogens with zero attached hydrogens (tertiary/aromatic N) is 1. The average Bonchev–Trinajstić information content (AvgIpc) is 2.46. The molecule has 2 unspecified atom stereocenters. The van der Waals surface area contributed by atoms with Gasteiger partial charge in [0.1, 0.15) is 11.9 Å². The van der Waals surface area contributed by atoms with Gasteiger partial charge >= 0.3 is 5.97 Å². The summed E-state index contributed by atoms with van der Waals surface area (Å²) in [6, 6.07) is 6.12. The van der Waals surface area contributed by atoms with Gasteiger partial charge in [0, 0.05) is 19.4 Å². The minimum atomic E-state index is -0.991. The molecule has 0 aromatic heterocycles. The Bertz CT molecular complexity index is 555. The molecule has 1 aromatic rings. The molecular weight excluding hydrogens is 298 g/mol. The van der Waals surface area contributed by atoms with Crippen molar-refractivity contribution >= 4 is 11.9 Å². The first-order chi connectivity index (χ1) is 10.8. The number of aliphatic hydroxyl groups excluding tert-OH is 1. The first-order valence-electron chi connectivity index (χ1n) is 7.81. The summed E-state index contributed by atoms with van der Waals surface area (Å²) in [5.41, 5.74) is 0.190. The number of hydrogen-bond donors (Lipinski definition) is 2. The molecule has 126 valence electrons.